The number of hydrogen-bond donors (Lipinski definition) is 0. The maximum atomic E-state index is 12.3. The molecule has 1 fully saturated rings. The van der Waals surface area contributed by atoms with Gasteiger partial charge in [0.1, 0.15) is 5.75 Å². The molecule has 0 bridgehead atoms. The monoisotopic (exact) mass is 394 g/mol. The lowest BCUT2D eigenvalue weighted by Crippen LogP contribution is -2.32. The molecule has 7 nitrogen and oxygen atoms in total. The van der Waals surface area contributed by atoms with Crippen LogP contribution in [0.15, 0.2) is 48.5 Å². The second-order valence-corrected chi connectivity index (χ2v) is 6.90. The number of allylic oxidation sites excluding steroid dienone is 1. The van der Waals surface area contributed by atoms with Crippen LogP contribution in [0, 0.1) is 17.0 Å². The van der Waals surface area contributed by atoms with E-state index in [1.807, 2.05) is 0 Å². The second kappa shape index (κ2) is 9.14. The molecule has 29 heavy (non-hydrogen) atoms. The van der Waals surface area contributed by atoms with Gasteiger partial charge in [-0.15, -0.1) is 0 Å². The Morgan fingerprint density at radius 3 is 2.48 bits per heavy atom. The van der Waals surface area contributed by atoms with Crippen LogP contribution >= 0.6 is 0 Å². The second-order valence-electron chi connectivity index (χ2n) is 6.90. The number of nitro groups is 1. The van der Waals surface area contributed by atoms with E-state index in [9.17, 15) is 19.7 Å². The first-order chi connectivity index (χ1) is 13.9. The van der Waals surface area contributed by atoms with E-state index in [1.54, 1.807) is 54.3 Å². The van der Waals surface area contributed by atoms with Gasteiger partial charge in [0.25, 0.3) is 11.6 Å². The molecule has 0 saturated carbocycles. The molecule has 7 heteroatoms. The van der Waals surface area contributed by atoms with Crippen LogP contribution in [0.5, 0.6) is 5.75 Å². The number of benzene rings is 2. The number of hydrogen-bond acceptors (Lipinski definition) is 5. The number of ketones is 1. The molecule has 0 radical (unpaired) electrons. The number of nitrogens with zero attached hydrogens (tertiary/aromatic N) is 2. The Morgan fingerprint density at radius 1 is 1.14 bits per heavy atom. The summed E-state index contributed by atoms with van der Waals surface area (Å²) in [6.07, 6.45) is 4.99. The van der Waals surface area contributed by atoms with E-state index in [0.29, 0.717) is 22.4 Å². The van der Waals surface area contributed by atoms with E-state index in [-0.39, 0.29) is 24.0 Å². The summed E-state index contributed by atoms with van der Waals surface area (Å²) in [4.78, 5) is 36.7. The van der Waals surface area contributed by atoms with E-state index in [2.05, 4.69) is 0 Å². The van der Waals surface area contributed by atoms with E-state index in [0.717, 1.165) is 25.9 Å². The molecule has 0 aliphatic carbocycles. The predicted octanol–water partition coefficient (Wildman–Crippen LogP) is 3.80. The molecule has 0 aromatic heterocycles. The van der Waals surface area contributed by atoms with Crippen molar-refractivity contribution >= 4 is 23.5 Å². The van der Waals surface area contributed by atoms with E-state index in [4.69, 9.17) is 4.74 Å². The van der Waals surface area contributed by atoms with Crippen molar-refractivity contribution in [1.29, 1.82) is 0 Å². The first kappa shape index (κ1) is 20.3. The summed E-state index contributed by atoms with van der Waals surface area (Å²) in [6, 6.07) is 11.4. The number of likely N-dealkylation sites (tertiary alicyclic amines) is 1. The summed E-state index contributed by atoms with van der Waals surface area (Å²) in [5.41, 5.74) is 1.62. The zero-order valence-electron chi connectivity index (χ0n) is 16.2. The lowest BCUT2D eigenvalue weighted by Gasteiger charge is -2.15. The molecular weight excluding hydrogens is 372 g/mol. The van der Waals surface area contributed by atoms with Crippen molar-refractivity contribution in [3.63, 3.8) is 0 Å². The van der Waals surface area contributed by atoms with Gasteiger partial charge >= 0.3 is 0 Å². The van der Waals surface area contributed by atoms with Gasteiger partial charge in [0.2, 0.25) is 0 Å². The molecular formula is C22H22N2O5. The van der Waals surface area contributed by atoms with Gasteiger partial charge in [0, 0.05) is 30.3 Å². The molecule has 2 aromatic rings. The summed E-state index contributed by atoms with van der Waals surface area (Å²) in [5.74, 6) is 0.262. The van der Waals surface area contributed by atoms with Gasteiger partial charge in [0.05, 0.1) is 4.92 Å². The molecule has 1 aliphatic rings. The highest BCUT2D eigenvalue weighted by Crippen LogP contribution is 2.20. The summed E-state index contributed by atoms with van der Waals surface area (Å²) in [7, 11) is 0. The van der Waals surface area contributed by atoms with Crippen molar-refractivity contribution in [3.8, 4) is 5.75 Å². The van der Waals surface area contributed by atoms with Crippen molar-refractivity contribution in [3.05, 3.63) is 75.3 Å². The third-order valence-corrected chi connectivity index (χ3v) is 4.82. The molecule has 150 valence electrons. The maximum absolute atomic E-state index is 12.3. The SMILES string of the molecule is Cc1ccc(/C=C/C(=O)c2ccc(OCC(=O)N3CCCC3)cc2)cc1[N+](=O)[O-]. The molecule has 0 unspecified atom stereocenters. The van der Waals surface area contributed by atoms with Gasteiger partial charge in [-0.1, -0.05) is 18.2 Å². The topological polar surface area (TPSA) is 89.8 Å². The number of ether oxygens (including phenoxy) is 1. The molecule has 2 aromatic carbocycles. The number of rotatable bonds is 7. The maximum Gasteiger partial charge on any atom is 0.272 e. The Kier molecular flexibility index (Phi) is 6.39. The molecule has 3 rings (SSSR count). The largest absolute Gasteiger partial charge is 0.484 e. The molecule has 0 spiro atoms. The molecule has 1 heterocycles. The molecule has 0 atom stereocenters. The van der Waals surface area contributed by atoms with Crippen molar-refractivity contribution in [2.24, 2.45) is 0 Å². The summed E-state index contributed by atoms with van der Waals surface area (Å²) >= 11 is 0. The summed E-state index contributed by atoms with van der Waals surface area (Å²) in [5, 5.41) is 11.0. The summed E-state index contributed by atoms with van der Waals surface area (Å²) in [6.45, 7) is 3.22. The van der Waals surface area contributed by atoms with Crippen LogP contribution in [0.3, 0.4) is 0 Å². The quantitative estimate of drug-likeness (QED) is 0.308. The average molecular weight is 394 g/mol. The Labute approximate surface area is 168 Å². The fourth-order valence-corrected chi connectivity index (χ4v) is 3.11. The van der Waals surface area contributed by atoms with Crippen molar-refractivity contribution in [2.45, 2.75) is 19.8 Å². The predicted molar refractivity (Wildman–Crippen MR) is 109 cm³/mol. The lowest BCUT2D eigenvalue weighted by atomic mass is 10.1. The Morgan fingerprint density at radius 2 is 1.83 bits per heavy atom. The zero-order valence-corrected chi connectivity index (χ0v) is 16.2. The van der Waals surface area contributed by atoms with Crippen LogP contribution in [0.25, 0.3) is 6.08 Å². The highest BCUT2D eigenvalue weighted by atomic mass is 16.6. The Balaban J connectivity index is 1.58. The highest BCUT2D eigenvalue weighted by Gasteiger charge is 2.18. The first-order valence-electron chi connectivity index (χ1n) is 9.42. The van der Waals surface area contributed by atoms with Gasteiger partial charge in [-0.2, -0.15) is 0 Å². The number of aryl methyl sites for hydroxylation is 1. The van der Waals surface area contributed by atoms with Crippen LogP contribution in [0.2, 0.25) is 0 Å². The normalized spacial score (nSPS) is 13.6. The number of carbonyl (C=O) groups excluding carboxylic acids is 2. The molecule has 0 N–H and O–H groups in total. The number of nitro benzene ring substituents is 1. The van der Waals surface area contributed by atoms with Crippen molar-refractivity contribution < 1.29 is 19.2 Å². The average Bonchev–Trinajstić information content (AvgIpc) is 3.26. The van der Waals surface area contributed by atoms with Gasteiger partial charge in [-0.05, 0) is 55.7 Å². The smallest absolute Gasteiger partial charge is 0.272 e. The first-order valence-corrected chi connectivity index (χ1v) is 9.42. The minimum Gasteiger partial charge on any atom is -0.484 e. The Hall–Kier alpha value is -3.48. The fourth-order valence-electron chi connectivity index (χ4n) is 3.11. The third-order valence-electron chi connectivity index (χ3n) is 4.82. The highest BCUT2D eigenvalue weighted by molar-refractivity contribution is 6.06. The van der Waals surface area contributed by atoms with E-state index in [1.165, 1.54) is 12.1 Å². The van der Waals surface area contributed by atoms with E-state index >= 15 is 0 Å². The van der Waals surface area contributed by atoms with Gasteiger partial charge in [0.15, 0.2) is 12.4 Å². The molecule has 1 saturated heterocycles. The molecule has 1 aliphatic heterocycles. The van der Waals surface area contributed by atoms with Gasteiger partial charge in [-0.25, -0.2) is 0 Å². The Bertz CT molecular complexity index is 944. The third kappa shape index (κ3) is 5.28. The van der Waals surface area contributed by atoms with Gasteiger partial charge in [-0.3, -0.25) is 19.7 Å². The van der Waals surface area contributed by atoms with Crippen LogP contribution in [0.1, 0.15) is 34.3 Å². The molecule has 1 amide bonds. The minimum atomic E-state index is -0.443. The lowest BCUT2D eigenvalue weighted by molar-refractivity contribution is -0.385. The van der Waals surface area contributed by atoms with Crippen molar-refractivity contribution in [2.75, 3.05) is 19.7 Å². The summed E-state index contributed by atoms with van der Waals surface area (Å²) < 4.78 is 5.51. The fraction of sp³-hybridized carbons (Fsp3) is 0.273. The van der Waals surface area contributed by atoms with Crippen LogP contribution in [0.4, 0.5) is 5.69 Å². The van der Waals surface area contributed by atoms with Crippen molar-refractivity contribution in [1.82, 2.24) is 4.90 Å². The zero-order chi connectivity index (χ0) is 20.8. The van der Waals surface area contributed by atoms with E-state index < -0.39 is 4.92 Å². The van der Waals surface area contributed by atoms with Gasteiger partial charge < -0.3 is 9.64 Å². The standard InChI is InChI=1S/C22H22N2O5/c1-16-4-5-17(14-20(16)24(27)28)6-11-21(25)18-7-9-19(10-8-18)29-15-22(26)23-12-2-3-13-23/h4-11,14H,2-3,12-13,15H2,1H3/b11-6+. The number of amides is 1. The minimum absolute atomic E-state index is 0.0145. The van der Waals surface area contributed by atoms with Crippen LogP contribution in [-0.4, -0.2) is 41.2 Å². The van der Waals surface area contributed by atoms with Crippen LogP contribution < -0.4 is 4.74 Å². The van der Waals surface area contributed by atoms with Crippen LogP contribution in [-0.2, 0) is 4.79 Å². The number of carbonyl (C=O) groups is 2.